The molecule has 0 N–H and O–H groups in total. The Balaban J connectivity index is -0.00000000167. The summed E-state index contributed by atoms with van der Waals surface area (Å²) in [5.41, 5.74) is 0. The maximum atomic E-state index is 8.33. The van der Waals surface area contributed by atoms with E-state index in [0.29, 0.717) is 19.8 Å². The fourth-order valence-corrected chi connectivity index (χ4v) is 0. The van der Waals surface area contributed by atoms with Crippen LogP contribution in [-0.2, 0) is 44.9 Å². The van der Waals surface area contributed by atoms with Gasteiger partial charge < -0.3 is 0 Å². The zero-order chi connectivity index (χ0) is 2.00. The maximum Gasteiger partial charge on any atom is 0 e. The van der Waals surface area contributed by atoms with Gasteiger partial charge in [0.05, 0.1) is 0 Å². The molecule has 0 aliphatic rings. The topological polar surface area (TPSA) is 17.1 Å². The first-order valence-corrected chi connectivity index (χ1v) is 1.36. The van der Waals surface area contributed by atoms with Gasteiger partial charge in [-0.25, -0.2) is 0 Å². The Hall–Kier alpha value is 2.99. The van der Waals surface area contributed by atoms with Crippen molar-refractivity contribution in [2.75, 3.05) is 0 Å². The molecule has 6 radical (unpaired) electrons. The minimum atomic E-state index is 0. The Kier molecular flexibility index (Phi) is 138. The average Bonchev–Trinajstić information content (AvgIpc) is 1.00. The molecule has 5 heavy (non-hydrogen) atoms. The van der Waals surface area contributed by atoms with E-state index < -0.39 is 0 Å². The quantitative estimate of drug-likeness (QED) is 0.472. The van der Waals surface area contributed by atoms with Gasteiger partial charge in [0.1, 0.15) is 0 Å². The van der Waals surface area contributed by atoms with Crippen LogP contribution in [0.4, 0.5) is 0 Å². The van der Waals surface area contributed by atoms with E-state index in [0.717, 1.165) is 0 Å². The summed E-state index contributed by atoms with van der Waals surface area (Å²) in [5, 5.41) is 0. The summed E-state index contributed by atoms with van der Waals surface area (Å²) in [6, 6.07) is 0. The molecule has 0 aliphatic carbocycles. The van der Waals surface area contributed by atoms with Crippen LogP contribution in [0.25, 0.3) is 0 Å². The van der Waals surface area contributed by atoms with Crippen molar-refractivity contribution in [1.29, 1.82) is 0 Å². The second-order valence-corrected chi connectivity index (χ2v) is 0. The monoisotopic (exact) mass is 414 g/mol. The van der Waals surface area contributed by atoms with E-state index in [1.54, 1.807) is 0 Å². The Labute approximate surface area is 102 Å². The number of rotatable bonds is 0. The summed E-state index contributed by atoms with van der Waals surface area (Å²) in [6.45, 7) is 0. The molecule has 0 atom stereocenters. The van der Waals surface area contributed by atoms with Gasteiger partial charge in [0, 0.05) is 81.6 Å². The van der Waals surface area contributed by atoms with E-state index in [1.165, 1.54) is 0 Å². The van der Waals surface area contributed by atoms with Crippen LogP contribution in [-0.4, -0.2) is 59.8 Å². The van der Waals surface area contributed by atoms with Crippen LogP contribution in [0.5, 0.6) is 0 Å². The normalized spacial score (nSPS) is 0.800. The largest absolute Gasteiger partial charge is 0 e. The molecule has 1 nitrogen and oxygen atoms in total. The van der Waals surface area contributed by atoms with Gasteiger partial charge in [-0.05, 0) is 0 Å². The van der Waals surface area contributed by atoms with Crippen molar-refractivity contribution in [2.45, 2.75) is 0 Å². The van der Waals surface area contributed by atoms with E-state index in [4.69, 9.17) is 3.40 Å². The fraction of sp³-hybridized carbons (Fsp3) is 0. The Morgan fingerprint density at radius 1 is 1.20 bits per heavy atom. The van der Waals surface area contributed by atoms with Crippen LogP contribution < -0.4 is 0 Å². The predicted molar refractivity (Wildman–Crippen MR) is 12.2 cm³/mol. The van der Waals surface area contributed by atoms with Crippen molar-refractivity contribution in [3.05, 3.63) is 0 Å². The Morgan fingerprint density at radius 2 is 1.20 bits per heavy atom. The molecule has 0 rings (SSSR count). The number of hydrogen-bond acceptors (Lipinski definition) is 1. The van der Waals surface area contributed by atoms with Crippen LogP contribution in [0.2, 0.25) is 0 Å². The number of hydrogen-bond donors (Lipinski definition) is 0. The SMILES string of the molecule is [Ba].[O]=[W].[Si].[Ti]. The van der Waals surface area contributed by atoms with Crippen molar-refractivity contribution in [3.8, 4) is 0 Å². The molecule has 0 aromatic rings. The molecule has 22 valence electrons. The molecule has 0 aromatic heterocycles. The molecule has 0 spiro atoms. The third-order valence-electron chi connectivity index (χ3n) is 0. The van der Waals surface area contributed by atoms with Crippen molar-refractivity contribution in [1.82, 2.24) is 0 Å². The van der Waals surface area contributed by atoms with Gasteiger partial charge in [-0.3, -0.25) is 0 Å². The first kappa shape index (κ1) is 24.5. The van der Waals surface area contributed by atoms with Crippen molar-refractivity contribution in [2.24, 2.45) is 0 Å². The molecule has 0 aliphatic heterocycles. The van der Waals surface area contributed by atoms with Gasteiger partial charge in [0.2, 0.25) is 0 Å². The van der Waals surface area contributed by atoms with Crippen molar-refractivity contribution >= 4 is 59.8 Å². The second-order valence-electron chi connectivity index (χ2n) is 0. The molecule has 0 aromatic carbocycles. The molecular formula is BaOSiTiW. The van der Waals surface area contributed by atoms with Crippen LogP contribution in [0.15, 0.2) is 0 Å². The summed E-state index contributed by atoms with van der Waals surface area (Å²) in [6.07, 6.45) is 0. The zero-order valence-electron chi connectivity index (χ0n) is 2.52. The van der Waals surface area contributed by atoms with Crippen LogP contribution in [0, 0.1) is 0 Å². The molecule has 0 amide bonds. The third kappa shape index (κ3) is 19.5. The summed E-state index contributed by atoms with van der Waals surface area (Å²) < 4.78 is 8.33. The smallest absolute Gasteiger partial charge is 0 e. The molecule has 0 saturated carbocycles. The molecule has 5 heteroatoms. The molecule has 0 heterocycles. The molecular weight excluding hydrogens is 413 g/mol. The minimum absolute atomic E-state index is 0. The van der Waals surface area contributed by atoms with E-state index in [9.17, 15) is 0 Å². The van der Waals surface area contributed by atoms with Crippen LogP contribution >= 0.6 is 0 Å². The first-order valence-electron chi connectivity index (χ1n) is 0.167. The van der Waals surface area contributed by atoms with E-state index in [2.05, 4.69) is 0 Å². The van der Waals surface area contributed by atoms with E-state index in [1.807, 2.05) is 0 Å². The molecule has 0 unspecified atom stereocenters. The summed E-state index contributed by atoms with van der Waals surface area (Å²) in [4.78, 5) is 0. The van der Waals surface area contributed by atoms with Crippen molar-refractivity contribution < 1.29 is 44.9 Å². The summed E-state index contributed by atoms with van der Waals surface area (Å²) in [7, 11) is 0. The molecule has 0 saturated heterocycles. The Morgan fingerprint density at radius 3 is 1.20 bits per heavy atom. The maximum absolute atomic E-state index is 8.33. The predicted octanol–water partition coefficient (Wildman–Crippen LogP) is -0.885. The van der Waals surface area contributed by atoms with Gasteiger partial charge in [0.25, 0.3) is 0 Å². The standard InChI is InChI=1S/Ba.O.Si.Ti.W. The summed E-state index contributed by atoms with van der Waals surface area (Å²) in [5.74, 6) is 0. The van der Waals surface area contributed by atoms with E-state index >= 15 is 0 Å². The Bertz CT molecular complexity index is 11.6. The van der Waals surface area contributed by atoms with E-state index in [-0.39, 0.29) is 81.6 Å². The first-order chi connectivity index (χ1) is 1.00. The van der Waals surface area contributed by atoms with Gasteiger partial charge in [0.15, 0.2) is 0 Å². The van der Waals surface area contributed by atoms with Gasteiger partial charge in [-0.15, -0.1) is 0 Å². The summed E-state index contributed by atoms with van der Waals surface area (Å²) >= 11 is 0.333. The van der Waals surface area contributed by atoms with Gasteiger partial charge >= 0.3 is 23.2 Å². The van der Waals surface area contributed by atoms with Crippen LogP contribution in [0.3, 0.4) is 0 Å². The van der Waals surface area contributed by atoms with Crippen LogP contribution in [0.1, 0.15) is 0 Å². The minimum Gasteiger partial charge on any atom is 0 e. The van der Waals surface area contributed by atoms with Gasteiger partial charge in [-0.1, -0.05) is 0 Å². The zero-order valence-corrected chi connectivity index (χ0v) is 12.5. The molecule has 0 bridgehead atoms. The average molecular weight is 413 g/mol. The second kappa shape index (κ2) is 28.0. The van der Waals surface area contributed by atoms with Gasteiger partial charge in [-0.2, -0.15) is 0 Å². The van der Waals surface area contributed by atoms with Crippen molar-refractivity contribution in [3.63, 3.8) is 0 Å². The fourth-order valence-electron chi connectivity index (χ4n) is 0. The molecule has 0 fully saturated rings. The third-order valence-corrected chi connectivity index (χ3v) is 0.